The summed E-state index contributed by atoms with van der Waals surface area (Å²) in [6.45, 7) is 11.8. The molecule has 0 aliphatic heterocycles. The van der Waals surface area contributed by atoms with E-state index in [0.29, 0.717) is 22.3 Å². The van der Waals surface area contributed by atoms with Gasteiger partial charge in [-0.1, -0.05) is 65.8 Å². The van der Waals surface area contributed by atoms with Gasteiger partial charge in [-0.3, -0.25) is 9.59 Å². The van der Waals surface area contributed by atoms with Crippen molar-refractivity contribution in [2.75, 3.05) is 0 Å². The van der Waals surface area contributed by atoms with Gasteiger partial charge in [-0.25, -0.2) is 0 Å². The molecule has 4 rings (SSSR count). The zero-order valence-corrected chi connectivity index (χ0v) is 19.3. The van der Waals surface area contributed by atoms with E-state index in [2.05, 4.69) is 0 Å². The van der Waals surface area contributed by atoms with Gasteiger partial charge < -0.3 is 10.2 Å². The van der Waals surface area contributed by atoms with Gasteiger partial charge in [0.05, 0.1) is 5.57 Å². The number of aliphatic hydroxyl groups excluding tert-OH is 1. The molecule has 0 amide bonds. The number of hydrogen-bond acceptors (Lipinski definition) is 4. The first-order valence-corrected chi connectivity index (χ1v) is 10.7. The molecule has 3 aromatic rings. The van der Waals surface area contributed by atoms with Crippen LogP contribution in [0.25, 0.3) is 22.1 Å². The predicted molar refractivity (Wildman–Crippen MR) is 128 cm³/mol. The minimum atomic E-state index is -0.740. The highest BCUT2D eigenvalue weighted by Crippen LogP contribution is 2.43. The van der Waals surface area contributed by atoms with Crippen LogP contribution < -0.4 is 0 Å². The van der Waals surface area contributed by atoms with Crippen molar-refractivity contribution in [3.8, 4) is 5.75 Å². The van der Waals surface area contributed by atoms with Crippen molar-refractivity contribution in [1.29, 1.82) is 0 Å². The third-order valence-electron chi connectivity index (χ3n) is 6.07. The van der Waals surface area contributed by atoms with Crippen LogP contribution in [0.1, 0.15) is 74.2 Å². The minimum absolute atomic E-state index is 0.0196. The van der Waals surface area contributed by atoms with Crippen LogP contribution in [-0.4, -0.2) is 21.8 Å². The molecule has 0 saturated carbocycles. The molecule has 0 heterocycles. The Hall–Kier alpha value is -3.40. The number of aliphatic hydroxyl groups is 1. The number of aromatic hydroxyl groups is 1. The van der Waals surface area contributed by atoms with Crippen molar-refractivity contribution < 1.29 is 19.8 Å². The topological polar surface area (TPSA) is 74.6 Å². The minimum Gasteiger partial charge on any atom is -0.507 e. The summed E-state index contributed by atoms with van der Waals surface area (Å²) in [7, 11) is 0. The maximum atomic E-state index is 13.2. The van der Waals surface area contributed by atoms with Gasteiger partial charge in [-0.05, 0) is 51.4 Å². The van der Waals surface area contributed by atoms with Gasteiger partial charge >= 0.3 is 0 Å². The van der Waals surface area contributed by atoms with E-state index in [-0.39, 0.29) is 22.6 Å². The van der Waals surface area contributed by atoms with Crippen LogP contribution in [0.2, 0.25) is 0 Å². The predicted octanol–water partition coefficient (Wildman–Crippen LogP) is 6.33. The van der Waals surface area contributed by atoms with Crippen molar-refractivity contribution in [2.45, 2.75) is 52.4 Å². The third kappa shape index (κ3) is 3.40. The highest BCUT2D eigenvalue weighted by atomic mass is 16.3. The lowest BCUT2D eigenvalue weighted by Crippen LogP contribution is -2.24. The largest absolute Gasteiger partial charge is 0.507 e. The van der Waals surface area contributed by atoms with Gasteiger partial charge in [-0.2, -0.15) is 0 Å². The fourth-order valence-electron chi connectivity index (χ4n) is 4.29. The van der Waals surface area contributed by atoms with Gasteiger partial charge in [0, 0.05) is 22.3 Å². The molecule has 0 bridgehead atoms. The van der Waals surface area contributed by atoms with Crippen LogP contribution >= 0.6 is 0 Å². The molecule has 0 atom stereocenters. The van der Waals surface area contributed by atoms with E-state index in [1.54, 1.807) is 24.3 Å². The second-order valence-electron chi connectivity index (χ2n) is 10.5. The lowest BCUT2D eigenvalue weighted by molar-refractivity contribution is -0.110. The number of hydrogen-bond donors (Lipinski definition) is 2. The molecule has 2 N–H and O–H groups in total. The fraction of sp³-hybridized carbons (Fsp3) is 0.286. The summed E-state index contributed by atoms with van der Waals surface area (Å²) in [4.78, 5) is 26.3. The standard InChI is InChI=1S/C28H28O4/c1-27(2,3)20-13-17(14-21(25(20)31)28(4,5)6)22-23(29)18-11-15-9-7-8-10-16(15)12-19(18)24(30)26(22)32/h7-14,29,31H,1-6H3. The van der Waals surface area contributed by atoms with Crippen LogP contribution in [0.15, 0.2) is 48.5 Å². The maximum Gasteiger partial charge on any atom is 0.237 e. The Morgan fingerprint density at radius 2 is 1.12 bits per heavy atom. The molecule has 0 fully saturated rings. The molecular formula is C28H28O4. The van der Waals surface area contributed by atoms with E-state index in [1.807, 2.05) is 65.8 Å². The van der Waals surface area contributed by atoms with Crippen molar-refractivity contribution in [3.63, 3.8) is 0 Å². The number of allylic oxidation sites excluding steroid dienone is 1. The maximum absolute atomic E-state index is 13.2. The molecule has 4 nitrogen and oxygen atoms in total. The average molecular weight is 429 g/mol. The second-order valence-corrected chi connectivity index (χ2v) is 10.5. The monoisotopic (exact) mass is 428 g/mol. The van der Waals surface area contributed by atoms with Crippen LogP contribution in [-0.2, 0) is 15.6 Å². The van der Waals surface area contributed by atoms with E-state index in [1.165, 1.54) is 0 Å². The van der Waals surface area contributed by atoms with Gasteiger partial charge in [-0.15, -0.1) is 0 Å². The Labute approximate surface area is 188 Å². The number of benzene rings is 3. The number of carbonyl (C=O) groups excluding carboxylic acids is 2. The van der Waals surface area contributed by atoms with Crippen LogP contribution in [0.4, 0.5) is 0 Å². The molecule has 32 heavy (non-hydrogen) atoms. The number of carbonyl (C=O) groups is 2. The SMILES string of the molecule is CC(C)(C)c1cc(C2=C(O)c3cc4ccccc4cc3C(=O)C2=O)cc(C(C)(C)C)c1O. The number of phenolic OH excluding ortho intramolecular Hbond substituents is 1. The molecule has 0 unspecified atom stereocenters. The second kappa shape index (κ2) is 7.06. The van der Waals surface area contributed by atoms with Crippen molar-refractivity contribution in [1.82, 2.24) is 0 Å². The fourth-order valence-corrected chi connectivity index (χ4v) is 4.29. The Morgan fingerprint density at radius 3 is 1.59 bits per heavy atom. The van der Waals surface area contributed by atoms with Crippen LogP contribution in [0.5, 0.6) is 5.75 Å². The van der Waals surface area contributed by atoms with E-state index in [9.17, 15) is 19.8 Å². The Bertz CT molecular complexity index is 1290. The smallest absolute Gasteiger partial charge is 0.237 e. The molecule has 164 valence electrons. The Kier molecular flexibility index (Phi) is 4.81. The molecule has 1 aliphatic carbocycles. The molecule has 0 saturated heterocycles. The highest BCUT2D eigenvalue weighted by Gasteiger charge is 2.36. The number of rotatable bonds is 1. The zero-order chi connectivity index (χ0) is 23.6. The molecule has 0 radical (unpaired) electrons. The first-order chi connectivity index (χ1) is 14.8. The number of ketones is 2. The Balaban J connectivity index is 2.06. The number of phenols is 1. The van der Waals surface area contributed by atoms with E-state index >= 15 is 0 Å². The molecule has 4 heteroatoms. The summed E-state index contributed by atoms with van der Waals surface area (Å²) in [6, 6.07) is 14.4. The lowest BCUT2D eigenvalue weighted by Gasteiger charge is -2.29. The van der Waals surface area contributed by atoms with Crippen molar-refractivity contribution >= 4 is 33.7 Å². The van der Waals surface area contributed by atoms with E-state index in [4.69, 9.17) is 0 Å². The Morgan fingerprint density at radius 1 is 0.656 bits per heavy atom. The normalized spacial score (nSPS) is 14.8. The van der Waals surface area contributed by atoms with Crippen LogP contribution in [0.3, 0.4) is 0 Å². The lowest BCUT2D eigenvalue weighted by atomic mass is 9.76. The number of fused-ring (bicyclic) bond motifs is 2. The van der Waals surface area contributed by atoms with Crippen LogP contribution in [0, 0.1) is 0 Å². The van der Waals surface area contributed by atoms with E-state index < -0.39 is 22.4 Å². The highest BCUT2D eigenvalue weighted by molar-refractivity contribution is 6.62. The molecule has 3 aromatic carbocycles. The zero-order valence-electron chi connectivity index (χ0n) is 19.3. The van der Waals surface area contributed by atoms with Gasteiger partial charge in [0.25, 0.3) is 0 Å². The first kappa shape index (κ1) is 21.8. The average Bonchev–Trinajstić information content (AvgIpc) is 2.70. The van der Waals surface area contributed by atoms with Gasteiger partial charge in [0.1, 0.15) is 11.5 Å². The summed E-state index contributed by atoms with van der Waals surface area (Å²) in [5.74, 6) is -1.41. The molecular weight excluding hydrogens is 400 g/mol. The molecule has 0 spiro atoms. The quantitative estimate of drug-likeness (QED) is 0.444. The van der Waals surface area contributed by atoms with Gasteiger partial charge in [0.2, 0.25) is 11.6 Å². The first-order valence-electron chi connectivity index (χ1n) is 10.7. The molecule has 1 aliphatic rings. The summed E-state index contributed by atoms with van der Waals surface area (Å²) in [6.07, 6.45) is 0. The summed E-state index contributed by atoms with van der Waals surface area (Å²) < 4.78 is 0. The summed E-state index contributed by atoms with van der Waals surface area (Å²) >= 11 is 0. The van der Waals surface area contributed by atoms with Crippen molar-refractivity contribution in [2.24, 2.45) is 0 Å². The number of Topliss-reactive ketones (excluding diaryl/α,β-unsaturated/α-hetero) is 2. The third-order valence-corrected chi connectivity index (χ3v) is 6.07. The summed E-state index contributed by atoms with van der Waals surface area (Å²) in [5.41, 5.74) is 1.47. The van der Waals surface area contributed by atoms with E-state index in [0.717, 1.165) is 10.8 Å². The summed E-state index contributed by atoms with van der Waals surface area (Å²) in [5, 5.41) is 23.9. The van der Waals surface area contributed by atoms with Crippen molar-refractivity contribution in [3.05, 3.63) is 76.3 Å². The van der Waals surface area contributed by atoms with Gasteiger partial charge in [0.15, 0.2) is 0 Å². The molecule has 0 aromatic heterocycles.